The van der Waals surface area contributed by atoms with E-state index in [4.69, 9.17) is 4.74 Å². The van der Waals surface area contributed by atoms with E-state index >= 15 is 0 Å². The van der Waals surface area contributed by atoms with Gasteiger partial charge in [-0.2, -0.15) is 12.6 Å². The molecule has 0 spiro atoms. The molecule has 0 aliphatic carbocycles. The van der Waals surface area contributed by atoms with Gasteiger partial charge in [-0.3, -0.25) is 4.79 Å². The van der Waals surface area contributed by atoms with Gasteiger partial charge in [-0.1, -0.05) is 0 Å². The third-order valence-electron chi connectivity index (χ3n) is 1.58. The van der Waals surface area contributed by atoms with E-state index in [0.29, 0.717) is 11.4 Å². The summed E-state index contributed by atoms with van der Waals surface area (Å²) >= 11 is 7.18. The van der Waals surface area contributed by atoms with Gasteiger partial charge in [-0.05, 0) is 28.1 Å². The van der Waals surface area contributed by atoms with Gasteiger partial charge >= 0.3 is 0 Å². The molecule has 0 bridgehead atoms. The van der Waals surface area contributed by atoms with Crippen molar-refractivity contribution >= 4 is 40.2 Å². The van der Waals surface area contributed by atoms with Crippen LogP contribution in [0.4, 0.5) is 5.69 Å². The Hall–Kier alpha value is -0.680. The van der Waals surface area contributed by atoms with Crippen molar-refractivity contribution < 1.29 is 9.53 Å². The van der Waals surface area contributed by atoms with Gasteiger partial charge in [0.15, 0.2) is 0 Å². The molecule has 0 heterocycles. The summed E-state index contributed by atoms with van der Waals surface area (Å²) in [6.07, 6.45) is 0. The quantitative estimate of drug-likeness (QED) is 0.831. The molecular formula is C9H10BrNO2S. The molecule has 1 amide bonds. The third kappa shape index (κ3) is 2.92. The van der Waals surface area contributed by atoms with Gasteiger partial charge in [-0.25, -0.2) is 0 Å². The summed E-state index contributed by atoms with van der Waals surface area (Å²) < 4.78 is 5.93. The van der Waals surface area contributed by atoms with Crippen LogP contribution in [0.1, 0.15) is 0 Å². The first-order valence-corrected chi connectivity index (χ1v) is 5.34. The van der Waals surface area contributed by atoms with Crippen LogP contribution in [0, 0.1) is 0 Å². The van der Waals surface area contributed by atoms with Crippen molar-refractivity contribution in [1.29, 1.82) is 0 Å². The van der Waals surface area contributed by atoms with Crippen molar-refractivity contribution in [3.8, 4) is 5.75 Å². The molecule has 0 atom stereocenters. The smallest absolute Gasteiger partial charge is 0.234 e. The van der Waals surface area contributed by atoms with E-state index in [-0.39, 0.29) is 11.7 Å². The van der Waals surface area contributed by atoms with E-state index in [1.54, 1.807) is 19.2 Å². The first kappa shape index (κ1) is 11.4. The zero-order valence-corrected chi connectivity index (χ0v) is 10.1. The zero-order valence-electron chi connectivity index (χ0n) is 7.58. The van der Waals surface area contributed by atoms with Gasteiger partial charge in [0.25, 0.3) is 0 Å². The van der Waals surface area contributed by atoms with E-state index in [1.165, 1.54) is 0 Å². The lowest BCUT2D eigenvalue weighted by Crippen LogP contribution is -2.12. The van der Waals surface area contributed by atoms with Crippen molar-refractivity contribution in [3.63, 3.8) is 0 Å². The fourth-order valence-corrected chi connectivity index (χ4v) is 1.43. The van der Waals surface area contributed by atoms with Gasteiger partial charge < -0.3 is 10.1 Å². The standard InChI is InChI=1S/C9H10BrNO2S/c1-13-8-4-6(2-3-7(8)10)11-9(12)5-14/h2-4,14H,5H2,1H3,(H,11,12). The Balaban J connectivity index is 2.84. The number of methoxy groups -OCH3 is 1. The van der Waals surface area contributed by atoms with Crippen molar-refractivity contribution in [2.24, 2.45) is 0 Å². The minimum absolute atomic E-state index is 0.141. The highest BCUT2D eigenvalue weighted by Crippen LogP contribution is 2.27. The monoisotopic (exact) mass is 275 g/mol. The molecule has 5 heteroatoms. The lowest BCUT2D eigenvalue weighted by Gasteiger charge is -2.07. The maximum absolute atomic E-state index is 11.0. The maximum atomic E-state index is 11.0. The third-order valence-corrected chi connectivity index (χ3v) is 2.52. The number of carbonyl (C=O) groups excluding carboxylic acids is 1. The number of carbonyl (C=O) groups is 1. The van der Waals surface area contributed by atoms with Gasteiger partial charge in [-0.15, -0.1) is 0 Å². The van der Waals surface area contributed by atoms with Gasteiger partial charge in [0.1, 0.15) is 5.75 Å². The van der Waals surface area contributed by atoms with Crippen LogP contribution in [0.25, 0.3) is 0 Å². The second-order valence-electron chi connectivity index (χ2n) is 2.56. The summed E-state index contributed by atoms with van der Waals surface area (Å²) in [7, 11) is 1.57. The summed E-state index contributed by atoms with van der Waals surface area (Å²) in [5, 5.41) is 2.68. The van der Waals surface area contributed by atoms with E-state index in [9.17, 15) is 4.79 Å². The number of rotatable bonds is 3. The molecule has 1 N–H and O–H groups in total. The van der Waals surface area contributed by atoms with E-state index in [2.05, 4.69) is 33.9 Å². The summed E-state index contributed by atoms with van der Waals surface area (Å²) in [6, 6.07) is 5.34. The first-order chi connectivity index (χ1) is 6.67. The average Bonchev–Trinajstić information content (AvgIpc) is 2.20. The Bertz CT molecular complexity index is 344. The van der Waals surface area contributed by atoms with Crippen LogP contribution in [-0.2, 0) is 4.79 Å². The minimum Gasteiger partial charge on any atom is -0.495 e. The number of amides is 1. The fraction of sp³-hybridized carbons (Fsp3) is 0.222. The fourth-order valence-electron chi connectivity index (χ4n) is 0.938. The summed E-state index contributed by atoms with van der Waals surface area (Å²) in [5.74, 6) is 0.706. The predicted octanol–water partition coefficient (Wildman–Crippen LogP) is 2.33. The van der Waals surface area contributed by atoms with Crippen LogP contribution in [0.2, 0.25) is 0 Å². The molecule has 0 radical (unpaired) electrons. The predicted molar refractivity (Wildman–Crippen MR) is 63.2 cm³/mol. The van der Waals surface area contributed by atoms with E-state index < -0.39 is 0 Å². The number of ether oxygens (including phenoxy) is 1. The van der Waals surface area contributed by atoms with Crippen LogP contribution < -0.4 is 10.1 Å². The molecule has 1 aromatic rings. The zero-order chi connectivity index (χ0) is 10.6. The molecule has 1 aromatic carbocycles. The number of halogens is 1. The van der Waals surface area contributed by atoms with E-state index in [1.807, 2.05) is 6.07 Å². The topological polar surface area (TPSA) is 38.3 Å². The molecule has 0 aliphatic rings. The summed E-state index contributed by atoms with van der Waals surface area (Å²) in [6.45, 7) is 0. The summed E-state index contributed by atoms with van der Waals surface area (Å²) in [5.41, 5.74) is 0.698. The molecule has 0 aromatic heterocycles. The molecular weight excluding hydrogens is 266 g/mol. The maximum Gasteiger partial charge on any atom is 0.234 e. The van der Waals surface area contributed by atoms with Crippen LogP contribution in [0.15, 0.2) is 22.7 Å². The highest BCUT2D eigenvalue weighted by atomic mass is 79.9. The van der Waals surface area contributed by atoms with Crippen LogP contribution in [0.5, 0.6) is 5.75 Å². The van der Waals surface area contributed by atoms with Gasteiger partial charge in [0, 0.05) is 11.8 Å². The van der Waals surface area contributed by atoms with Crippen molar-refractivity contribution in [1.82, 2.24) is 0 Å². The minimum atomic E-state index is -0.141. The second kappa shape index (κ2) is 5.26. The van der Waals surface area contributed by atoms with Crippen LogP contribution in [-0.4, -0.2) is 18.8 Å². The van der Waals surface area contributed by atoms with Crippen molar-refractivity contribution in [2.45, 2.75) is 0 Å². The van der Waals surface area contributed by atoms with E-state index in [0.717, 1.165) is 4.47 Å². The molecule has 0 unspecified atom stereocenters. The molecule has 0 aliphatic heterocycles. The highest BCUT2D eigenvalue weighted by Gasteiger charge is 2.03. The molecule has 14 heavy (non-hydrogen) atoms. The Morgan fingerprint density at radius 1 is 1.64 bits per heavy atom. The van der Waals surface area contributed by atoms with Crippen molar-refractivity contribution in [2.75, 3.05) is 18.2 Å². The Morgan fingerprint density at radius 2 is 2.36 bits per heavy atom. The first-order valence-electron chi connectivity index (χ1n) is 3.91. The molecule has 0 fully saturated rings. The highest BCUT2D eigenvalue weighted by molar-refractivity contribution is 9.10. The van der Waals surface area contributed by atoms with Gasteiger partial charge in [0.05, 0.1) is 17.3 Å². The molecule has 76 valence electrons. The molecule has 0 saturated heterocycles. The lowest BCUT2D eigenvalue weighted by atomic mass is 10.3. The Kier molecular flexibility index (Phi) is 4.28. The Morgan fingerprint density at radius 3 is 2.93 bits per heavy atom. The van der Waals surface area contributed by atoms with Gasteiger partial charge in [0.2, 0.25) is 5.91 Å². The number of nitrogens with one attached hydrogen (secondary N) is 1. The number of anilines is 1. The number of hydrogen-bond donors (Lipinski definition) is 2. The number of benzene rings is 1. The van der Waals surface area contributed by atoms with Crippen LogP contribution in [0.3, 0.4) is 0 Å². The Labute approximate surface area is 96.4 Å². The molecule has 1 rings (SSSR count). The molecule has 3 nitrogen and oxygen atoms in total. The normalized spacial score (nSPS) is 9.64. The molecule has 0 saturated carbocycles. The second-order valence-corrected chi connectivity index (χ2v) is 3.73. The van der Waals surface area contributed by atoms with Crippen molar-refractivity contribution in [3.05, 3.63) is 22.7 Å². The number of hydrogen-bond acceptors (Lipinski definition) is 3. The SMILES string of the molecule is COc1cc(NC(=O)CS)ccc1Br. The lowest BCUT2D eigenvalue weighted by molar-refractivity contribution is -0.113. The number of thiol groups is 1. The van der Waals surface area contributed by atoms with Crippen LogP contribution >= 0.6 is 28.6 Å². The average molecular weight is 276 g/mol. The summed E-state index contributed by atoms with van der Waals surface area (Å²) in [4.78, 5) is 11.0. The largest absolute Gasteiger partial charge is 0.495 e.